The van der Waals surface area contributed by atoms with Crippen molar-refractivity contribution in [3.8, 4) is 0 Å². The molecule has 164 valence electrons. The largest absolute Gasteiger partial charge is 0.463 e. The molecule has 1 unspecified atom stereocenters. The van der Waals surface area contributed by atoms with E-state index in [0.717, 1.165) is 54.2 Å². The third-order valence-corrected chi connectivity index (χ3v) is 6.24. The minimum absolute atomic E-state index is 0.157. The Bertz CT molecular complexity index is 825. The molecule has 0 bridgehead atoms. The zero-order valence-electron chi connectivity index (χ0n) is 19.0. The predicted octanol–water partition coefficient (Wildman–Crippen LogP) is 3.94. The van der Waals surface area contributed by atoms with Gasteiger partial charge in [-0.2, -0.15) is 0 Å². The molecule has 30 heavy (non-hydrogen) atoms. The molecule has 0 aliphatic carbocycles. The number of ether oxygens (including phenoxy) is 1. The van der Waals surface area contributed by atoms with E-state index in [-0.39, 0.29) is 12.0 Å². The molecule has 1 aromatic carbocycles. The molecule has 6 nitrogen and oxygen atoms in total. The molecule has 2 heterocycles. The van der Waals surface area contributed by atoms with Crippen LogP contribution in [0.3, 0.4) is 0 Å². The van der Waals surface area contributed by atoms with Crippen LogP contribution in [0.2, 0.25) is 0 Å². The summed E-state index contributed by atoms with van der Waals surface area (Å²) in [4.78, 5) is 30.2. The number of esters is 1. The number of nitrogens with zero attached hydrogens (tertiary/aromatic N) is 2. The van der Waals surface area contributed by atoms with Gasteiger partial charge < -0.3 is 10.1 Å². The SMILES string of the molecule is CCOC(=O)C1=C(CN2CCC(C)CC2)N(CC)C(=O)NC1c1ccc(C)cc1C. The first-order valence-electron chi connectivity index (χ1n) is 11.1. The number of likely N-dealkylation sites (tertiary alicyclic amines) is 1. The van der Waals surface area contributed by atoms with Crippen molar-refractivity contribution in [2.24, 2.45) is 5.92 Å². The average molecular weight is 414 g/mol. The van der Waals surface area contributed by atoms with E-state index in [2.05, 4.69) is 23.2 Å². The van der Waals surface area contributed by atoms with E-state index in [1.807, 2.05) is 39.8 Å². The Hall–Kier alpha value is -2.34. The van der Waals surface area contributed by atoms with Crippen LogP contribution in [0.15, 0.2) is 29.5 Å². The summed E-state index contributed by atoms with van der Waals surface area (Å²) in [6.45, 7) is 13.5. The second-order valence-corrected chi connectivity index (χ2v) is 8.53. The van der Waals surface area contributed by atoms with Gasteiger partial charge in [-0.1, -0.05) is 30.7 Å². The molecular weight excluding hydrogens is 378 g/mol. The lowest BCUT2D eigenvalue weighted by atomic mass is 9.90. The lowest BCUT2D eigenvalue weighted by molar-refractivity contribution is -0.139. The lowest BCUT2D eigenvalue weighted by Crippen LogP contribution is -2.51. The van der Waals surface area contributed by atoms with Gasteiger partial charge in [-0.3, -0.25) is 9.80 Å². The van der Waals surface area contributed by atoms with Gasteiger partial charge in [-0.15, -0.1) is 0 Å². The zero-order valence-corrected chi connectivity index (χ0v) is 19.0. The number of carbonyl (C=O) groups is 2. The maximum Gasteiger partial charge on any atom is 0.338 e. The van der Waals surface area contributed by atoms with Crippen LogP contribution in [0.5, 0.6) is 0 Å². The van der Waals surface area contributed by atoms with Crippen molar-refractivity contribution in [3.05, 3.63) is 46.2 Å². The first-order valence-corrected chi connectivity index (χ1v) is 11.1. The van der Waals surface area contributed by atoms with Gasteiger partial charge in [0.05, 0.1) is 18.2 Å². The lowest BCUT2D eigenvalue weighted by Gasteiger charge is -2.39. The van der Waals surface area contributed by atoms with Gasteiger partial charge in [0.2, 0.25) is 0 Å². The zero-order chi connectivity index (χ0) is 21.8. The monoisotopic (exact) mass is 413 g/mol. The van der Waals surface area contributed by atoms with Gasteiger partial charge >= 0.3 is 12.0 Å². The van der Waals surface area contributed by atoms with E-state index >= 15 is 0 Å². The molecule has 2 amide bonds. The molecule has 1 atom stereocenters. The van der Waals surface area contributed by atoms with Crippen LogP contribution in [0.1, 0.15) is 56.3 Å². The van der Waals surface area contributed by atoms with E-state index in [1.54, 1.807) is 4.90 Å². The Morgan fingerprint density at radius 3 is 2.50 bits per heavy atom. The highest BCUT2D eigenvalue weighted by Gasteiger charge is 2.38. The van der Waals surface area contributed by atoms with E-state index < -0.39 is 6.04 Å². The van der Waals surface area contributed by atoms with E-state index in [4.69, 9.17) is 4.74 Å². The summed E-state index contributed by atoms with van der Waals surface area (Å²) < 4.78 is 5.47. The first-order chi connectivity index (χ1) is 14.3. The molecule has 2 aliphatic rings. The Morgan fingerprint density at radius 1 is 1.20 bits per heavy atom. The van der Waals surface area contributed by atoms with E-state index in [1.165, 1.54) is 0 Å². The van der Waals surface area contributed by atoms with E-state index in [9.17, 15) is 9.59 Å². The normalized spacial score (nSPS) is 21.0. The summed E-state index contributed by atoms with van der Waals surface area (Å²) in [5.41, 5.74) is 4.48. The number of carbonyl (C=O) groups excluding carboxylic acids is 2. The van der Waals surface area contributed by atoms with Gasteiger partial charge in [0.1, 0.15) is 0 Å². The fourth-order valence-electron chi connectivity index (χ4n) is 4.47. The molecule has 0 radical (unpaired) electrons. The van der Waals surface area contributed by atoms with E-state index in [0.29, 0.717) is 25.3 Å². The van der Waals surface area contributed by atoms with Crippen LogP contribution in [0.25, 0.3) is 0 Å². The summed E-state index contributed by atoms with van der Waals surface area (Å²) in [5, 5.41) is 3.07. The van der Waals surface area contributed by atoms with Crippen molar-refractivity contribution >= 4 is 12.0 Å². The highest BCUT2D eigenvalue weighted by atomic mass is 16.5. The molecule has 2 aliphatic heterocycles. The van der Waals surface area contributed by atoms with Crippen LogP contribution in [0, 0.1) is 19.8 Å². The van der Waals surface area contributed by atoms with Crippen molar-refractivity contribution in [2.75, 3.05) is 32.8 Å². The van der Waals surface area contributed by atoms with Gasteiger partial charge in [-0.05, 0) is 70.7 Å². The number of urea groups is 1. The van der Waals surface area contributed by atoms with Gasteiger partial charge in [0.25, 0.3) is 0 Å². The van der Waals surface area contributed by atoms with Crippen LogP contribution in [0.4, 0.5) is 4.79 Å². The Balaban J connectivity index is 2.08. The second-order valence-electron chi connectivity index (χ2n) is 8.53. The minimum atomic E-state index is -0.501. The summed E-state index contributed by atoms with van der Waals surface area (Å²) in [5.74, 6) is 0.376. The molecule has 1 N–H and O–H groups in total. The number of likely N-dealkylation sites (N-methyl/N-ethyl adjacent to an activating group) is 1. The Morgan fingerprint density at radius 2 is 1.90 bits per heavy atom. The molecule has 0 spiro atoms. The number of aryl methyl sites for hydroxylation is 2. The highest BCUT2D eigenvalue weighted by molar-refractivity contribution is 5.95. The Labute approximate surface area is 180 Å². The number of hydrogen-bond acceptors (Lipinski definition) is 4. The number of nitrogens with one attached hydrogen (secondary N) is 1. The van der Waals surface area contributed by atoms with Crippen LogP contribution < -0.4 is 5.32 Å². The van der Waals surface area contributed by atoms with Gasteiger partial charge in [0.15, 0.2) is 0 Å². The summed E-state index contributed by atoms with van der Waals surface area (Å²) in [6, 6.07) is 5.46. The number of rotatable bonds is 6. The predicted molar refractivity (Wildman–Crippen MR) is 118 cm³/mol. The fraction of sp³-hybridized carbons (Fsp3) is 0.583. The fourth-order valence-corrected chi connectivity index (χ4v) is 4.47. The summed E-state index contributed by atoms with van der Waals surface area (Å²) in [7, 11) is 0. The number of hydrogen-bond donors (Lipinski definition) is 1. The second kappa shape index (κ2) is 9.65. The maximum atomic E-state index is 13.2. The molecule has 1 fully saturated rings. The number of amides is 2. The van der Waals surface area contributed by atoms with Crippen molar-refractivity contribution in [1.29, 1.82) is 0 Å². The van der Waals surface area contributed by atoms with Crippen molar-refractivity contribution < 1.29 is 14.3 Å². The topological polar surface area (TPSA) is 61.9 Å². The molecule has 0 aromatic heterocycles. The molecular formula is C24H35N3O3. The molecule has 1 aromatic rings. The third-order valence-electron chi connectivity index (χ3n) is 6.24. The smallest absolute Gasteiger partial charge is 0.338 e. The Kier molecular flexibility index (Phi) is 7.19. The van der Waals surface area contributed by atoms with Crippen LogP contribution in [-0.4, -0.2) is 54.6 Å². The summed E-state index contributed by atoms with van der Waals surface area (Å²) >= 11 is 0. The molecule has 3 rings (SSSR count). The average Bonchev–Trinajstić information content (AvgIpc) is 2.69. The third kappa shape index (κ3) is 4.69. The van der Waals surface area contributed by atoms with Gasteiger partial charge in [0, 0.05) is 18.8 Å². The summed E-state index contributed by atoms with van der Waals surface area (Å²) in [6.07, 6.45) is 2.28. The van der Waals surface area contributed by atoms with Gasteiger partial charge in [-0.25, -0.2) is 9.59 Å². The standard InChI is InChI=1S/C24H35N3O3/c1-6-27-20(15-26-12-10-16(3)11-13-26)21(23(28)30-7-2)22(25-24(27)29)19-9-8-17(4)14-18(19)5/h8-9,14,16,22H,6-7,10-13,15H2,1-5H3,(H,25,29). The number of piperidine rings is 1. The quantitative estimate of drug-likeness (QED) is 0.718. The minimum Gasteiger partial charge on any atom is -0.463 e. The molecule has 6 heteroatoms. The maximum absolute atomic E-state index is 13.2. The van der Waals surface area contributed by atoms with Crippen molar-refractivity contribution in [1.82, 2.24) is 15.1 Å². The van der Waals surface area contributed by atoms with Crippen molar-refractivity contribution in [3.63, 3.8) is 0 Å². The number of benzene rings is 1. The van der Waals surface area contributed by atoms with Crippen molar-refractivity contribution in [2.45, 2.75) is 53.5 Å². The first kappa shape index (κ1) is 22.3. The molecule has 1 saturated heterocycles. The van der Waals surface area contributed by atoms with Crippen LogP contribution in [-0.2, 0) is 9.53 Å². The highest BCUT2D eigenvalue weighted by Crippen LogP contribution is 2.34. The molecule has 0 saturated carbocycles. The van der Waals surface area contributed by atoms with Crippen LogP contribution >= 0.6 is 0 Å².